The smallest absolute Gasteiger partial charge is 0.126 e. The van der Waals surface area contributed by atoms with E-state index < -0.39 is 11.6 Å². The fraction of sp³-hybridized carbons (Fsp3) is 0.647. The summed E-state index contributed by atoms with van der Waals surface area (Å²) in [5, 5.41) is 3.32. The first-order valence-electron chi connectivity index (χ1n) is 7.80. The number of halogens is 2. The molecule has 0 amide bonds. The second-order valence-electron chi connectivity index (χ2n) is 6.34. The van der Waals surface area contributed by atoms with Gasteiger partial charge in [-0.25, -0.2) is 8.78 Å². The standard InChI is InChI=1S/C17H26F2N2/c1-20-16(13-10-14(18)12-15(19)11-13)17(21(2)3)8-6-4-5-7-9-17/h10-12,16,20H,4-9H2,1-3H3. The summed E-state index contributed by atoms with van der Waals surface area (Å²) < 4.78 is 27.2. The molecule has 21 heavy (non-hydrogen) atoms. The molecule has 1 aromatic rings. The Balaban J connectivity index is 2.43. The largest absolute Gasteiger partial charge is 0.311 e. The van der Waals surface area contributed by atoms with Crippen molar-refractivity contribution < 1.29 is 8.78 Å². The van der Waals surface area contributed by atoms with Gasteiger partial charge in [-0.1, -0.05) is 25.7 Å². The summed E-state index contributed by atoms with van der Waals surface area (Å²) in [6, 6.07) is 3.78. The van der Waals surface area contributed by atoms with Crippen LogP contribution in [-0.2, 0) is 0 Å². The van der Waals surface area contributed by atoms with Crippen LogP contribution in [0.15, 0.2) is 18.2 Å². The molecular formula is C17H26F2N2. The molecule has 1 aliphatic rings. The lowest BCUT2D eigenvalue weighted by Gasteiger charge is -2.46. The zero-order valence-electron chi connectivity index (χ0n) is 13.3. The number of rotatable bonds is 4. The van der Waals surface area contributed by atoms with Gasteiger partial charge in [0.15, 0.2) is 0 Å². The summed E-state index contributed by atoms with van der Waals surface area (Å²) in [6.07, 6.45) is 6.89. The van der Waals surface area contributed by atoms with Crippen LogP contribution in [0, 0.1) is 11.6 Å². The summed E-state index contributed by atoms with van der Waals surface area (Å²) in [6.45, 7) is 0. The molecule has 118 valence electrons. The Hall–Kier alpha value is -1.00. The molecule has 2 rings (SSSR count). The third kappa shape index (κ3) is 3.43. The van der Waals surface area contributed by atoms with Crippen LogP contribution in [0.4, 0.5) is 8.78 Å². The predicted octanol–water partition coefficient (Wildman–Crippen LogP) is 3.88. The Morgan fingerprint density at radius 3 is 1.95 bits per heavy atom. The topological polar surface area (TPSA) is 15.3 Å². The molecule has 0 saturated heterocycles. The minimum atomic E-state index is -0.507. The third-order valence-corrected chi connectivity index (χ3v) is 4.90. The minimum Gasteiger partial charge on any atom is -0.311 e. The van der Waals surface area contributed by atoms with Crippen LogP contribution in [0.1, 0.15) is 50.1 Å². The molecule has 0 aromatic heterocycles. The predicted molar refractivity (Wildman–Crippen MR) is 82.3 cm³/mol. The summed E-state index contributed by atoms with van der Waals surface area (Å²) in [4.78, 5) is 2.24. The van der Waals surface area contributed by atoms with Gasteiger partial charge >= 0.3 is 0 Å². The highest BCUT2D eigenvalue weighted by atomic mass is 19.1. The van der Waals surface area contributed by atoms with E-state index in [4.69, 9.17) is 0 Å². The van der Waals surface area contributed by atoms with Gasteiger partial charge < -0.3 is 10.2 Å². The van der Waals surface area contributed by atoms with Crippen molar-refractivity contribution in [3.8, 4) is 0 Å². The maximum Gasteiger partial charge on any atom is 0.126 e. The number of nitrogens with zero attached hydrogens (tertiary/aromatic N) is 1. The van der Waals surface area contributed by atoms with E-state index in [2.05, 4.69) is 24.3 Å². The van der Waals surface area contributed by atoms with Gasteiger partial charge in [0.05, 0.1) is 6.04 Å². The third-order valence-electron chi connectivity index (χ3n) is 4.90. The molecule has 0 aliphatic heterocycles. The van der Waals surface area contributed by atoms with Crippen LogP contribution in [0.3, 0.4) is 0 Å². The van der Waals surface area contributed by atoms with Crippen molar-refractivity contribution in [1.82, 2.24) is 10.2 Å². The van der Waals surface area contributed by atoms with Gasteiger partial charge in [-0.15, -0.1) is 0 Å². The molecule has 1 saturated carbocycles. The second kappa shape index (κ2) is 6.84. The zero-order chi connectivity index (χ0) is 15.5. The van der Waals surface area contributed by atoms with Gasteiger partial charge in [0.25, 0.3) is 0 Å². The Morgan fingerprint density at radius 1 is 1.00 bits per heavy atom. The van der Waals surface area contributed by atoms with E-state index in [1.165, 1.54) is 25.0 Å². The van der Waals surface area contributed by atoms with Crippen molar-refractivity contribution >= 4 is 0 Å². The molecule has 2 nitrogen and oxygen atoms in total. The molecular weight excluding hydrogens is 270 g/mol. The van der Waals surface area contributed by atoms with Crippen molar-refractivity contribution in [2.45, 2.75) is 50.1 Å². The lowest BCUT2D eigenvalue weighted by Crippen LogP contribution is -2.53. The van der Waals surface area contributed by atoms with Gasteiger partial charge in [0.2, 0.25) is 0 Å². The van der Waals surface area contributed by atoms with E-state index in [0.717, 1.165) is 31.7 Å². The molecule has 1 fully saturated rings. The van der Waals surface area contributed by atoms with E-state index in [1.807, 2.05) is 7.05 Å². The molecule has 1 atom stereocenters. The van der Waals surface area contributed by atoms with Crippen LogP contribution >= 0.6 is 0 Å². The van der Waals surface area contributed by atoms with Crippen molar-refractivity contribution in [2.75, 3.05) is 21.1 Å². The highest BCUT2D eigenvalue weighted by Gasteiger charge is 2.41. The van der Waals surface area contributed by atoms with E-state index in [1.54, 1.807) is 0 Å². The minimum absolute atomic E-state index is 0.0733. The van der Waals surface area contributed by atoms with Crippen LogP contribution < -0.4 is 5.32 Å². The van der Waals surface area contributed by atoms with E-state index in [0.29, 0.717) is 5.56 Å². The van der Waals surface area contributed by atoms with E-state index in [9.17, 15) is 8.78 Å². The van der Waals surface area contributed by atoms with Gasteiger partial charge in [-0.05, 0) is 51.7 Å². The van der Waals surface area contributed by atoms with Crippen molar-refractivity contribution in [3.05, 3.63) is 35.4 Å². The van der Waals surface area contributed by atoms with Crippen LogP contribution in [0.5, 0.6) is 0 Å². The quantitative estimate of drug-likeness (QED) is 0.848. The number of nitrogens with one attached hydrogen (secondary N) is 1. The number of hydrogen-bond donors (Lipinski definition) is 1. The van der Waals surface area contributed by atoms with Crippen molar-refractivity contribution in [3.63, 3.8) is 0 Å². The monoisotopic (exact) mass is 296 g/mol. The Kier molecular flexibility index (Phi) is 5.33. The van der Waals surface area contributed by atoms with Gasteiger partial charge in [0, 0.05) is 11.6 Å². The zero-order valence-corrected chi connectivity index (χ0v) is 13.3. The Labute approximate surface area is 126 Å². The lowest BCUT2D eigenvalue weighted by molar-refractivity contribution is 0.0832. The normalized spacial score (nSPS) is 20.3. The fourth-order valence-electron chi connectivity index (χ4n) is 3.82. The van der Waals surface area contributed by atoms with E-state index >= 15 is 0 Å². The number of hydrogen-bond acceptors (Lipinski definition) is 2. The molecule has 1 aliphatic carbocycles. The van der Waals surface area contributed by atoms with Crippen molar-refractivity contribution in [2.24, 2.45) is 0 Å². The molecule has 0 bridgehead atoms. The molecule has 0 heterocycles. The van der Waals surface area contributed by atoms with Gasteiger partial charge in [-0.3, -0.25) is 0 Å². The van der Waals surface area contributed by atoms with Gasteiger partial charge in [0.1, 0.15) is 11.6 Å². The summed E-state index contributed by atoms with van der Waals surface area (Å²) in [5.74, 6) is -1.01. The number of likely N-dealkylation sites (N-methyl/N-ethyl adjacent to an activating group) is 2. The first kappa shape index (κ1) is 16.4. The highest BCUT2D eigenvalue weighted by Crippen LogP contribution is 2.41. The maximum absolute atomic E-state index is 13.6. The number of benzene rings is 1. The first-order valence-corrected chi connectivity index (χ1v) is 7.80. The van der Waals surface area contributed by atoms with Gasteiger partial charge in [-0.2, -0.15) is 0 Å². The lowest BCUT2D eigenvalue weighted by atomic mass is 9.78. The van der Waals surface area contributed by atoms with Crippen LogP contribution in [-0.4, -0.2) is 31.6 Å². The Morgan fingerprint density at radius 2 is 1.52 bits per heavy atom. The highest BCUT2D eigenvalue weighted by molar-refractivity contribution is 5.25. The molecule has 1 N–H and O–H groups in total. The van der Waals surface area contributed by atoms with Crippen molar-refractivity contribution in [1.29, 1.82) is 0 Å². The fourth-order valence-corrected chi connectivity index (χ4v) is 3.82. The summed E-state index contributed by atoms with van der Waals surface area (Å²) in [5.41, 5.74) is 0.608. The average Bonchev–Trinajstić information content (AvgIpc) is 2.65. The SMILES string of the molecule is CNC(c1cc(F)cc(F)c1)C1(N(C)C)CCCCCC1. The maximum atomic E-state index is 13.6. The second-order valence-corrected chi connectivity index (χ2v) is 6.34. The first-order chi connectivity index (χ1) is 9.99. The van der Waals surface area contributed by atoms with Crippen LogP contribution in [0.2, 0.25) is 0 Å². The molecule has 0 spiro atoms. The summed E-state index contributed by atoms with van der Waals surface area (Å²) >= 11 is 0. The Bertz CT molecular complexity index is 446. The molecule has 1 unspecified atom stereocenters. The molecule has 1 aromatic carbocycles. The average molecular weight is 296 g/mol. The van der Waals surface area contributed by atoms with E-state index in [-0.39, 0.29) is 11.6 Å². The van der Waals surface area contributed by atoms with Crippen LogP contribution in [0.25, 0.3) is 0 Å². The summed E-state index contributed by atoms with van der Waals surface area (Å²) in [7, 11) is 6.03. The molecule has 0 radical (unpaired) electrons. The molecule has 4 heteroatoms.